The molecule has 0 aliphatic heterocycles. The lowest BCUT2D eigenvalue weighted by molar-refractivity contribution is 0.349. The predicted octanol–water partition coefficient (Wildman–Crippen LogP) is 3.20. The van der Waals surface area contributed by atoms with Gasteiger partial charge in [-0.2, -0.15) is 0 Å². The fraction of sp³-hybridized carbons (Fsp3) is 0.667. The average Bonchev–Trinajstić information content (AvgIpc) is 2.23. The van der Waals surface area contributed by atoms with E-state index in [4.69, 9.17) is 0 Å². The molecule has 1 aromatic heterocycles. The number of rotatable bonds is 6. The third-order valence-electron chi connectivity index (χ3n) is 3.19. The molecular weight excluding hydrogens is 208 g/mol. The van der Waals surface area contributed by atoms with E-state index in [1.54, 1.807) is 0 Å². The summed E-state index contributed by atoms with van der Waals surface area (Å²) in [6.07, 6.45) is 3.05. The highest BCUT2D eigenvalue weighted by molar-refractivity contribution is 5.16. The van der Waals surface area contributed by atoms with E-state index in [1.165, 1.54) is 5.56 Å². The number of nitrogens with zero attached hydrogens (tertiary/aromatic N) is 1. The molecule has 0 amide bonds. The van der Waals surface area contributed by atoms with Gasteiger partial charge in [-0.05, 0) is 49.4 Å². The molecule has 0 bridgehead atoms. The van der Waals surface area contributed by atoms with Crippen LogP contribution in [0.4, 0.5) is 0 Å². The zero-order valence-corrected chi connectivity index (χ0v) is 11.8. The zero-order valence-electron chi connectivity index (χ0n) is 11.8. The van der Waals surface area contributed by atoms with Crippen molar-refractivity contribution in [3.05, 3.63) is 29.6 Å². The molecule has 17 heavy (non-hydrogen) atoms. The molecule has 2 nitrogen and oxygen atoms in total. The summed E-state index contributed by atoms with van der Waals surface area (Å²) < 4.78 is 0. The van der Waals surface area contributed by atoms with Crippen LogP contribution in [-0.4, -0.2) is 17.6 Å². The molecule has 96 valence electrons. The number of pyridine rings is 1. The maximum absolute atomic E-state index is 4.25. The summed E-state index contributed by atoms with van der Waals surface area (Å²) in [6, 6.07) is 4.90. The highest BCUT2D eigenvalue weighted by Gasteiger charge is 2.14. The van der Waals surface area contributed by atoms with Gasteiger partial charge in [-0.25, -0.2) is 0 Å². The lowest BCUT2D eigenvalue weighted by Gasteiger charge is -2.23. The molecule has 0 saturated heterocycles. The zero-order chi connectivity index (χ0) is 12.8. The van der Waals surface area contributed by atoms with Crippen LogP contribution in [0.2, 0.25) is 0 Å². The Morgan fingerprint density at radius 3 is 2.47 bits per heavy atom. The number of hydrogen-bond acceptors (Lipinski definition) is 2. The lowest BCUT2D eigenvalue weighted by atomic mass is 9.89. The van der Waals surface area contributed by atoms with E-state index in [-0.39, 0.29) is 0 Å². The minimum Gasteiger partial charge on any atom is -0.314 e. The summed E-state index contributed by atoms with van der Waals surface area (Å²) >= 11 is 0. The summed E-state index contributed by atoms with van der Waals surface area (Å²) in [4.78, 5) is 4.25. The molecule has 0 saturated carbocycles. The van der Waals surface area contributed by atoms with Crippen molar-refractivity contribution in [2.45, 2.75) is 47.1 Å². The highest BCUT2D eigenvalue weighted by atomic mass is 14.9. The maximum Gasteiger partial charge on any atom is 0.0375 e. The monoisotopic (exact) mass is 234 g/mol. The second-order valence-electron chi connectivity index (χ2n) is 5.58. The molecule has 0 aromatic carbocycles. The molecule has 0 aliphatic rings. The summed E-state index contributed by atoms with van der Waals surface area (Å²) in [7, 11) is 0. The molecule has 1 unspecified atom stereocenters. The molecule has 1 rings (SSSR count). The number of nitrogens with one attached hydrogen (secondary N) is 1. The Morgan fingerprint density at radius 1 is 1.24 bits per heavy atom. The highest BCUT2D eigenvalue weighted by Crippen LogP contribution is 2.17. The Labute approximate surface area is 106 Å². The number of aromatic nitrogens is 1. The van der Waals surface area contributed by atoms with E-state index in [9.17, 15) is 0 Å². The Morgan fingerprint density at radius 2 is 1.94 bits per heavy atom. The van der Waals surface area contributed by atoms with Gasteiger partial charge in [0.15, 0.2) is 0 Å². The second-order valence-corrected chi connectivity index (χ2v) is 5.58. The van der Waals surface area contributed by atoms with Crippen LogP contribution in [0.3, 0.4) is 0 Å². The van der Waals surface area contributed by atoms with E-state index in [1.807, 2.05) is 6.20 Å². The van der Waals surface area contributed by atoms with Crippen molar-refractivity contribution in [2.24, 2.45) is 11.8 Å². The minimum atomic E-state index is 0.565. The van der Waals surface area contributed by atoms with Gasteiger partial charge in [-0.1, -0.05) is 27.7 Å². The van der Waals surface area contributed by atoms with Crippen molar-refractivity contribution in [3.63, 3.8) is 0 Å². The predicted molar refractivity (Wildman–Crippen MR) is 74.1 cm³/mol. The Bertz CT molecular complexity index is 331. The number of aryl methyl sites for hydroxylation is 1. The van der Waals surface area contributed by atoms with Gasteiger partial charge in [0, 0.05) is 17.9 Å². The molecule has 0 spiro atoms. The first kappa shape index (κ1) is 14.2. The van der Waals surface area contributed by atoms with Crippen molar-refractivity contribution >= 4 is 0 Å². The van der Waals surface area contributed by atoms with E-state index in [2.05, 4.69) is 57.1 Å². The van der Waals surface area contributed by atoms with Gasteiger partial charge >= 0.3 is 0 Å². The molecule has 0 radical (unpaired) electrons. The number of hydrogen-bond donors (Lipinski definition) is 1. The van der Waals surface area contributed by atoms with Gasteiger partial charge in [0.25, 0.3) is 0 Å². The van der Waals surface area contributed by atoms with Crippen molar-refractivity contribution in [2.75, 3.05) is 6.54 Å². The van der Waals surface area contributed by atoms with Gasteiger partial charge in [0.05, 0.1) is 0 Å². The fourth-order valence-electron chi connectivity index (χ4n) is 1.96. The first-order chi connectivity index (χ1) is 7.99. The van der Waals surface area contributed by atoms with Crippen LogP contribution in [0.5, 0.6) is 0 Å². The van der Waals surface area contributed by atoms with Crippen LogP contribution in [0, 0.1) is 18.8 Å². The molecule has 1 heterocycles. The molecule has 1 atom stereocenters. The Balaban J connectivity index is 2.60. The summed E-state index contributed by atoms with van der Waals surface area (Å²) in [5, 5.41) is 3.55. The fourth-order valence-corrected chi connectivity index (χ4v) is 1.96. The van der Waals surface area contributed by atoms with Gasteiger partial charge in [-0.15, -0.1) is 0 Å². The second kappa shape index (κ2) is 6.75. The van der Waals surface area contributed by atoms with Crippen molar-refractivity contribution < 1.29 is 0 Å². The summed E-state index contributed by atoms with van der Waals surface area (Å²) in [5.74, 6) is 1.40. The molecular formula is C15H26N2. The smallest absolute Gasteiger partial charge is 0.0375 e. The van der Waals surface area contributed by atoms with Gasteiger partial charge in [0.1, 0.15) is 0 Å². The minimum absolute atomic E-state index is 0.565. The SMILES string of the molecule is Cc1cc(CC(CNC(C)C)C(C)C)ccn1. The average molecular weight is 234 g/mol. The first-order valence-electron chi connectivity index (χ1n) is 6.64. The van der Waals surface area contributed by atoms with Crippen LogP contribution in [0.1, 0.15) is 39.0 Å². The lowest BCUT2D eigenvalue weighted by Crippen LogP contribution is -2.32. The molecule has 0 aliphatic carbocycles. The normalized spacial score (nSPS) is 13.4. The summed E-state index contributed by atoms with van der Waals surface area (Å²) in [5.41, 5.74) is 2.52. The topological polar surface area (TPSA) is 24.9 Å². The van der Waals surface area contributed by atoms with Crippen molar-refractivity contribution in [3.8, 4) is 0 Å². The largest absolute Gasteiger partial charge is 0.314 e. The quantitative estimate of drug-likeness (QED) is 0.817. The Hall–Kier alpha value is -0.890. The van der Waals surface area contributed by atoms with E-state index >= 15 is 0 Å². The van der Waals surface area contributed by atoms with Crippen LogP contribution in [0.25, 0.3) is 0 Å². The standard InChI is InChI=1S/C15H26N2/c1-11(2)15(10-17-12(3)4)9-14-6-7-16-13(5)8-14/h6-8,11-12,15,17H,9-10H2,1-5H3. The van der Waals surface area contributed by atoms with Crippen LogP contribution >= 0.6 is 0 Å². The van der Waals surface area contributed by atoms with E-state index < -0.39 is 0 Å². The van der Waals surface area contributed by atoms with Crippen molar-refractivity contribution in [1.29, 1.82) is 0 Å². The van der Waals surface area contributed by atoms with Crippen LogP contribution < -0.4 is 5.32 Å². The Kier molecular flexibility index (Phi) is 5.63. The van der Waals surface area contributed by atoms with Crippen LogP contribution in [-0.2, 0) is 6.42 Å². The van der Waals surface area contributed by atoms with E-state index in [0.717, 1.165) is 18.7 Å². The van der Waals surface area contributed by atoms with E-state index in [0.29, 0.717) is 17.9 Å². The summed E-state index contributed by atoms with van der Waals surface area (Å²) in [6.45, 7) is 12.2. The molecule has 1 aromatic rings. The molecule has 0 fully saturated rings. The van der Waals surface area contributed by atoms with Gasteiger partial charge in [-0.3, -0.25) is 4.98 Å². The van der Waals surface area contributed by atoms with Crippen molar-refractivity contribution in [1.82, 2.24) is 10.3 Å². The molecule has 1 N–H and O–H groups in total. The van der Waals surface area contributed by atoms with Gasteiger partial charge in [0.2, 0.25) is 0 Å². The van der Waals surface area contributed by atoms with Crippen LogP contribution in [0.15, 0.2) is 18.3 Å². The maximum atomic E-state index is 4.25. The third-order valence-corrected chi connectivity index (χ3v) is 3.19. The molecule has 2 heteroatoms. The first-order valence-corrected chi connectivity index (χ1v) is 6.64. The third kappa shape index (κ3) is 5.31. The van der Waals surface area contributed by atoms with Gasteiger partial charge < -0.3 is 5.32 Å².